The van der Waals surface area contributed by atoms with Crippen LogP contribution in [0.25, 0.3) is 0 Å². The van der Waals surface area contributed by atoms with E-state index in [1.165, 1.54) is 0 Å². The van der Waals surface area contributed by atoms with Gasteiger partial charge in [0, 0.05) is 32.9 Å². The fourth-order valence-electron chi connectivity index (χ4n) is 1.83. The zero-order valence-corrected chi connectivity index (χ0v) is 11.5. The summed E-state index contributed by atoms with van der Waals surface area (Å²) >= 11 is 0. The molecule has 0 aliphatic heterocycles. The Balaban J connectivity index is 2.50. The lowest BCUT2D eigenvalue weighted by Crippen LogP contribution is -2.32. The molecule has 102 valence electrons. The lowest BCUT2D eigenvalue weighted by molar-refractivity contribution is -0.119. The smallest absolute Gasteiger partial charge is 0.155 e. The van der Waals surface area contributed by atoms with Gasteiger partial charge in [0.15, 0.2) is 5.78 Å². The molecule has 1 atom stereocenters. The first-order valence-corrected chi connectivity index (χ1v) is 6.37. The number of aromatic nitrogens is 2. The Morgan fingerprint density at radius 3 is 2.89 bits per heavy atom. The molecule has 0 saturated carbocycles. The van der Waals surface area contributed by atoms with Crippen LogP contribution < -0.4 is 5.73 Å². The number of Topliss-reactive ketones (excluding diaryl/α,β-unsaturated/α-hetero) is 1. The van der Waals surface area contributed by atoms with Gasteiger partial charge in [0.2, 0.25) is 0 Å². The Morgan fingerprint density at radius 2 is 2.33 bits per heavy atom. The summed E-state index contributed by atoms with van der Waals surface area (Å²) < 4.78 is 6.71. The van der Waals surface area contributed by atoms with E-state index >= 15 is 0 Å². The Morgan fingerprint density at radius 1 is 1.61 bits per heavy atom. The second-order valence-electron chi connectivity index (χ2n) is 4.49. The first-order chi connectivity index (χ1) is 8.58. The minimum Gasteiger partial charge on any atom is -0.385 e. The van der Waals surface area contributed by atoms with Crippen LogP contribution in [0.3, 0.4) is 0 Å². The normalized spacial score (nSPS) is 12.7. The van der Waals surface area contributed by atoms with Crippen molar-refractivity contribution in [2.75, 3.05) is 13.7 Å². The first-order valence-electron chi connectivity index (χ1n) is 6.37. The number of ether oxygens (including phenoxy) is 1. The number of hydrogen-bond donors (Lipinski definition) is 1. The van der Waals surface area contributed by atoms with Crippen LogP contribution >= 0.6 is 0 Å². The van der Waals surface area contributed by atoms with E-state index in [1.807, 2.05) is 20.0 Å². The minimum atomic E-state index is -0.403. The van der Waals surface area contributed by atoms with Crippen LogP contribution in [0.2, 0.25) is 0 Å². The summed E-state index contributed by atoms with van der Waals surface area (Å²) in [5, 5.41) is 4.32. The molecule has 18 heavy (non-hydrogen) atoms. The number of rotatable bonds is 8. The Bertz CT molecular complexity index is 388. The molecule has 0 spiro atoms. The molecule has 5 heteroatoms. The Kier molecular flexibility index (Phi) is 6.01. The van der Waals surface area contributed by atoms with Gasteiger partial charge in [-0.2, -0.15) is 5.10 Å². The predicted octanol–water partition coefficient (Wildman–Crippen LogP) is 0.848. The number of nitrogens with two attached hydrogens (primary N) is 1. The lowest BCUT2D eigenvalue weighted by Gasteiger charge is -2.10. The molecule has 2 N–H and O–H groups in total. The van der Waals surface area contributed by atoms with Gasteiger partial charge in [-0.05, 0) is 25.3 Å². The minimum absolute atomic E-state index is 0.0664. The van der Waals surface area contributed by atoms with Gasteiger partial charge >= 0.3 is 0 Å². The molecule has 0 fully saturated rings. The zero-order chi connectivity index (χ0) is 13.5. The van der Waals surface area contributed by atoms with Crippen molar-refractivity contribution in [3.05, 3.63) is 17.5 Å². The van der Waals surface area contributed by atoms with Crippen molar-refractivity contribution in [2.45, 2.75) is 38.6 Å². The van der Waals surface area contributed by atoms with Crippen LogP contribution in [0, 0.1) is 0 Å². The number of hydrogen-bond acceptors (Lipinski definition) is 4. The summed E-state index contributed by atoms with van der Waals surface area (Å²) in [5.74, 6) is 0.0664. The van der Waals surface area contributed by atoms with Crippen molar-refractivity contribution in [1.29, 1.82) is 0 Å². The molecule has 0 saturated heterocycles. The van der Waals surface area contributed by atoms with Crippen molar-refractivity contribution in [3.63, 3.8) is 0 Å². The standard InChI is InChI=1S/C13H23N3O2/c1-4-10-8-11(16(2)15-10)9-13(17)12(14)6-5-7-18-3/h8,12H,4-7,9,14H2,1-3H3. The number of nitrogens with zero attached hydrogens (tertiary/aromatic N) is 2. The molecule has 1 unspecified atom stereocenters. The van der Waals surface area contributed by atoms with Gasteiger partial charge in [-0.25, -0.2) is 0 Å². The number of carbonyl (C=O) groups is 1. The maximum Gasteiger partial charge on any atom is 0.155 e. The summed E-state index contributed by atoms with van der Waals surface area (Å²) in [6.07, 6.45) is 2.72. The third kappa shape index (κ3) is 4.23. The summed E-state index contributed by atoms with van der Waals surface area (Å²) in [5.41, 5.74) is 7.80. The molecule has 0 aliphatic carbocycles. The van der Waals surface area contributed by atoms with Crippen LogP contribution in [0.4, 0.5) is 0 Å². The molecule has 0 bridgehead atoms. The van der Waals surface area contributed by atoms with E-state index in [2.05, 4.69) is 5.10 Å². The van der Waals surface area contributed by atoms with Crippen LogP contribution in [0.15, 0.2) is 6.07 Å². The summed E-state index contributed by atoms with van der Waals surface area (Å²) in [6.45, 7) is 2.69. The molecule has 0 amide bonds. The largest absolute Gasteiger partial charge is 0.385 e. The van der Waals surface area contributed by atoms with E-state index < -0.39 is 6.04 Å². The highest BCUT2D eigenvalue weighted by molar-refractivity contribution is 5.85. The molecule has 1 rings (SSSR count). The number of carbonyl (C=O) groups excluding carboxylic acids is 1. The van der Waals surface area contributed by atoms with E-state index in [0.29, 0.717) is 19.4 Å². The Labute approximate surface area is 108 Å². The molecular weight excluding hydrogens is 230 g/mol. The topological polar surface area (TPSA) is 70.1 Å². The summed E-state index contributed by atoms with van der Waals surface area (Å²) in [6, 6.07) is 1.57. The monoisotopic (exact) mass is 253 g/mol. The quantitative estimate of drug-likeness (QED) is 0.697. The zero-order valence-electron chi connectivity index (χ0n) is 11.5. The predicted molar refractivity (Wildman–Crippen MR) is 70.4 cm³/mol. The highest BCUT2D eigenvalue weighted by Gasteiger charge is 2.16. The summed E-state index contributed by atoms with van der Waals surface area (Å²) in [4.78, 5) is 11.9. The molecule has 0 aromatic carbocycles. The van der Waals surface area contributed by atoms with Gasteiger partial charge < -0.3 is 10.5 Å². The van der Waals surface area contributed by atoms with Crippen LogP contribution in [-0.4, -0.2) is 35.3 Å². The number of ketones is 1. The number of aryl methyl sites for hydroxylation is 2. The number of methoxy groups -OCH3 is 1. The molecule has 1 heterocycles. The fourth-order valence-corrected chi connectivity index (χ4v) is 1.83. The van der Waals surface area contributed by atoms with Crippen LogP contribution in [0.5, 0.6) is 0 Å². The van der Waals surface area contributed by atoms with Crippen LogP contribution in [-0.2, 0) is 29.4 Å². The van der Waals surface area contributed by atoms with Gasteiger partial charge in [0.1, 0.15) is 0 Å². The maximum atomic E-state index is 11.9. The van der Waals surface area contributed by atoms with Crippen molar-refractivity contribution in [1.82, 2.24) is 9.78 Å². The van der Waals surface area contributed by atoms with Crippen molar-refractivity contribution in [3.8, 4) is 0 Å². The second-order valence-corrected chi connectivity index (χ2v) is 4.49. The van der Waals surface area contributed by atoms with E-state index in [-0.39, 0.29) is 5.78 Å². The highest BCUT2D eigenvalue weighted by atomic mass is 16.5. The summed E-state index contributed by atoms with van der Waals surface area (Å²) in [7, 11) is 3.51. The van der Waals surface area contributed by atoms with Gasteiger partial charge in [0.05, 0.1) is 11.7 Å². The third-order valence-corrected chi connectivity index (χ3v) is 3.02. The molecule has 0 radical (unpaired) electrons. The highest BCUT2D eigenvalue weighted by Crippen LogP contribution is 2.07. The van der Waals surface area contributed by atoms with Crippen LogP contribution in [0.1, 0.15) is 31.2 Å². The molecule has 0 aliphatic rings. The van der Waals surface area contributed by atoms with Crippen molar-refractivity contribution < 1.29 is 9.53 Å². The van der Waals surface area contributed by atoms with Gasteiger partial charge in [-0.1, -0.05) is 6.92 Å². The molecular formula is C13H23N3O2. The maximum absolute atomic E-state index is 11.9. The Hall–Kier alpha value is -1.20. The van der Waals surface area contributed by atoms with E-state index in [1.54, 1.807) is 11.8 Å². The first kappa shape index (κ1) is 14.9. The SMILES string of the molecule is CCc1cc(CC(=O)C(N)CCCOC)n(C)n1. The second kappa shape index (κ2) is 7.28. The van der Waals surface area contributed by atoms with E-state index in [9.17, 15) is 4.79 Å². The molecule has 1 aromatic heterocycles. The van der Waals surface area contributed by atoms with Crippen molar-refractivity contribution >= 4 is 5.78 Å². The third-order valence-electron chi connectivity index (χ3n) is 3.02. The van der Waals surface area contributed by atoms with Gasteiger partial charge in [0.25, 0.3) is 0 Å². The lowest BCUT2D eigenvalue weighted by atomic mass is 10.0. The molecule has 1 aromatic rings. The van der Waals surface area contributed by atoms with E-state index in [4.69, 9.17) is 10.5 Å². The average Bonchev–Trinajstić information content (AvgIpc) is 2.70. The molecule has 5 nitrogen and oxygen atoms in total. The van der Waals surface area contributed by atoms with Gasteiger partial charge in [-0.3, -0.25) is 9.48 Å². The fraction of sp³-hybridized carbons (Fsp3) is 0.692. The van der Waals surface area contributed by atoms with E-state index in [0.717, 1.165) is 24.2 Å². The average molecular weight is 253 g/mol. The van der Waals surface area contributed by atoms with Crippen molar-refractivity contribution in [2.24, 2.45) is 12.8 Å². The van der Waals surface area contributed by atoms with Gasteiger partial charge in [-0.15, -0.1) is 0 Å².